The van der Waals surface area contributed by atoms with Crippen LogP contribution in [-0.4, -0.2) is 40.1 Å². The number of esters is 1. The van der Waals surface area contributed by atoms with Gasteiger partial charge in [0.25, 0.3) is 0 Å². The molecule has 196 valence electrons. The lowest BCUT2D eigenvalue weighted by atomic mass is 10.1. The summed E-state index contributed by atoms with van der Waals surface area (Å²) >= 11 is 5.99. The fraction of sp³-hybridized carbons (Fsp3) is 0.320. The summed E-state index contributed by atoms with van der Waals surface area (Å²) in [6, 6.07) is 11.1. The summed E-state index contributed by atoms with van der Waals surface area (Å²) in [5.41, 5.74) is -0.0759. The number of carbonyl (C=O) groups excluding carboxylic acids is 1. The van der Waals surface area contributed by atoms with Gasteiger partial charge in [0.05, 0.1) is 25.3 Å². The van der Waals surface area contributed by atoms with Crippen LogP contribution >= 0.6 is 11.6 Å². The van der Waals surface area contributed by atoms with Crippen molar-refractivity contribution in [3.63, 3.8) is 0 Å². The lowest BCUT2D eigenvalue weighted by Crippen LogP contribution is -2.55. The third kappa shape index (κ3) is 6.62. The fourth-order valence-electron chi connectivity index (χ4n) is 3.61. The number of aromatic nitrogens is 3. The Balaban J connectivity index is 2.19. The van der Waals surface area contributed by atoms with Gasteiger partial charge in [-0.05, 0) is 35.4 Å². The molecular formula is C25H27ClFN5O5. The van der Waals surface area contributed by atoms with Crippen molar-refractivity contribution in [2.24, 2.45) is 23.1 Å². The van der Waals surface area contributed by atoms with Crippen LogP contribution in [0, 0.1) is 11.7 Å². The number of halogens is 2. The maximum absolute atomic E-state index is 14.7. The van der Waals surface area contributed by atoms with E-state index in [1.165, 1.54) is 48.7 Å². The van der Waals surface area contributed by atoms with E-state index in [2.05, 4.69) is 15.0 Å². The Morgan fingerprint density at radius 2 is 1.81 bits per heavy atom. The summed E-state index contributed by atoms with van der Waals surface area (Å²) in [6.45, 7) is 1.41. The smallest absolute Gasteiger partial charge is 0.335 e. The fourth-order valence-corrected chi connectivity index (χ4v) is 3.74. The predicted octanol–water partition coefficient (Wildman–Crippen LogP) is 2.41. The van der Waals surface area contributed by atoms with Gasteiger partial charge in [-0.3, -0.25) is 13.9 Å². The van der Waals surface area contributed by atoms with Crippen LogP contribution < -0.4 is 17.0 Å². The lowest BCUT2D eigenvalue weighted by molar-refractivity contribution is -0.145. The Labute approximate surface area is 216 Å². The molecule has 0 fully saturated rings. The van der Waals surface area contributed by atoms with Gasteiger partial charge < -0.3 is 9.57 Å². The van der Waals surface area contributed by atoms with E-state index >= 15 is 0 Å². The van der Waals surface area contributed by atoms with Crippen molar-refractivity contribution < 1.29 is 18.8 Å². The number of benzene rings is 2. The van der Waals surface area contributed by atoms with Crippen LogP contribution in [0.1, 0.15) is 18.1 Å². The van der Waals surface area contributed by atoms with Gasteiger partial charge in [0.15, 0.2) is 0 Å². The van der Waals surface area contributed by atoms with Crippen molar-refractivity contribution in [3.05, 3.63) is 91.0 Å². The second-order valence-corrected chi connectivity index (χ2v) is 8.67. The van der Waals surface area contributed by atoms with E-state index in [9.17, 15) is 18.8 Å². The van der Waals surface area contributed by atoms with Gasteiger partial charge in [0, 0.05) is 31.3 Å². The van der Waals surface area contributed by atoms with Gasteiger partial charge in [-0.15, -0.1) is 0 Å². The van der Waals surface area contributed by atoms with Gasteiger partial charge in [0.1, 0.15) is 12.9 Å². The van der Waals surface area contributed by atoms with E-state index in [4.69, 9.17) is 16.3 Å². The van der Waals surface area contributed by atoms with E-state index in [0.29, 0.717) is 16.1 Å². The number of oxime groups is 1. The Bertz CT molecular complexity index is 1490. The van der Waals surface area contributed by atoms with Crippen molar-refractivity contribution in [1.82, 2.24) is 13.7 Å². The highest BCUT2D eigenvalue weighted by Gasteiger charge is 2.19. The molecule has 3 rings (SSSR count). The van der Waals surface area contributed by atoms with Crippen molar-refractivity contribution in [2.75, 3.05) is 14.2 Å². The van der Waals surface area contributed by atoms with Crippen LogP contribution in [0.25, 0.3) is 0 Å². The molecule has 0 aliphatic rings. The monoisotopic (exact) mass is 531 g/mol. The molecule has 0 radical (unpaired) electrons. The molecule has 1 atom stereocenters. The summed E-state index contributed by atoms with van der Waals surface area (Å²) in [5, 5.41) is 4.12. The molecule has 1 heterocycles. The van der Waals surface area contributed by atoms with E-state index in [1.807, 2.05) is 0 Å². The molecule has 12 heteroatoms. The maximum Gasteiger partial charge on any atom is 0.335 e. The first-order valence-electron chi connectivity index (χ1n) is 11.3. The minimum absolute atomic E-state index is 0.0000154. The quantitative estimate of drug-likeness (QED) is 0.239. The number of nitrogens with zero attached hydrogens (tertiary/aromatic N) is 5. The zero-order chi connectivity index (χ0) is 27.1. The van der Waals surface area contributed by atoms with Crippen LogP contribution in [0.2, 0.25) is 5.02 Å². The molecule has 1 aromatic heterocycles. The highest BCUT2D eigenvalue weighted by molar-refractivity contribution is 6.30. The zero-order valence-corrected chi connectivity index (χ0v) is 21.6. The number of carbonyl (C=O) groups is 1. The second kappa shape index (κ2) is 12.3. The Morgan fingerprint density at radius 1 is 1.11 bits per heavy atom. The van der Waals surface area contributed by atoms with Crippen molar-refractivity contribution in [1.29, 1.82) is 0 Å². The van der Waals surface area contributed by atoms with Crippen molar-refractivity contribution in [2.45, 2.75) is 26.4 Å². The zero-order valence-electron chi connectivity index (χ0n) is 20.9. The molecular weight excluding hydrogens is 505 g/mol. The number of hydrogen-bond acceptors (Lipinski definition) is 7. The Morgan fingerprint density at radius 3 is 2.43 bits per heavy atom. The normalized spacial score (nSPS) is 12.6. The molecule has 0 saturated carbocycles. The van der Waals surface area contributed by atoms with Gasteiger partial charge in [0.2, 0.25) is 5.62 Å². The van der Waals surface area contributed by atoms with Gasteiger partial charge >= 0.3 is 17.3 Å². The van der Waals surface area contributed by atoms with Crippen LogP contribution in [0.5, 0.6) is 0 Å². The maximum atomic E-state index is 14.7. The first kappa shape index (κ1) is 27.6. The minimum Gasteiger partial charge on any atom is -0.469 e. The molecule has 10 nitrogen and oxygen atoms in total. The van der Waals surface area contributed by atoms with Crippen LogP contribution in [0.15, 0.2) is 62.2 Å². The molecule has 0 amide bonds. The van der Waals surface area contributed by atoms with Gasteiger partial charge in [-0.2, -0.15) is 0 Å². The highest BCUT2D eigenvalue weighted by atomic mass is 35.5. The Kier molecular flexibility index (Phi) is 9.18. The molecule has 0 aliphatic heterocycles. The van der Waals surface area contributed by atoms with Crippen molar-refractivity contribution in [3.8, 4) is 0 Å². The van der Waals surface area contributed by atoms with E-state index in [-0.39, 0.29) is 30.8 Å². The number of rotatable bonds is 9. The SMILES string of the molecule is CON=CCc1ccc(N=c2n(C)c(=O)n(C[C@H](C)C(=O)OC)c(=O)n2Cc2ccc(Cl)cc2)cc1F. The molecule has 0 N–H and O–H groups in total. The van der Waals surface area contributed by atoms with Crippen molar-refractivity contribution >= 4 is 29.5 Å². The van der Waals surface area contributed by atoms with E-state index in [0.717, 1.165) is 4.57 Å². The van der Waals surface area contributed by atoms with Crippen LogP contribution in [-0.2, 0) is 40.9 Å². The molecule has 0 bridgehead atoms. The average Bonchev–Trinajstić information content (AvgIpc) is 2.89. The lowest BCUT2D eigenvalue weighted by Gasteiger charge is -2.16. The Hall–Kier alpha value is -3.99. The van der Waals surface area contributed by atoms with Gasteiger partial charge in [-0.25, -0.2) is 23.5 Å². The minimum atomic E-state index is -0.745. The van der Waals surface area contributed by atoms with Crippen LogP contribution in [0.3, 0.4) is 0 Å². The highest BCUT2D eigenvalue weighted by Crippen LogP contribution is 2.17. The number of hydrogen-bond donors (Lipinski definition) is 0. The molecule has 37 heavy (non-hydrogen) atoms. The van der Waals surface area contributed by atoms with E-state index in [1.54, 1.807) is 37.3 Å². The number of ether oxygens (including phenoxy) is 1. The molecule has 0 spiro atoms. The first-order chi connectivity index (χ1) is 17.7. The predicted molar refractivity (Wildman–Crippen MR) is 136 cm³/mol. The van der Waals surface area contributed by atoms with Crippen LogP contribution in [0.4, 0.5) is 10.1 Å². The average molecular weight is 532 g/mol. The molecule has 0 aliphatic carbocycles. The largest absolute Gasteiger partial charge is 0.469 e. The summed E-state index contributed by atoms with van der Waals surface area (Å²) < 4.78 is 22.8. The standard InChI is InChI=1S/C25H27ClFN5O5/c1-16(22(33)36-3)14-32-24(34)30(2)23(31(25(32)35)15-17-5-8-19(26)9-6-17)29-20-10-7-18(21(27)13-20)11-12-28-37-4/h5-10,12-13,16H,11,14-15H2,1-4H3/t16-/m0/s1. The molecule has 0 unspecified atom stereocenters. The second-order valence-electron chi connectivity index (χ2n) is 8.23. The van der Waals surface area contributed by atoms with Gasteiger partial charge in [-0.1, -0.05) is 41.9 Å². The van der Waals surface area contributed by atoms with E-state index < -0.39 is 29.1 Å². The molecule has 2 aromatic carbocycles. The summed E-state index contributed by atoms with van der Waals surface area (Å²) in [4.78, 5) is 47.6. The topological polar surface area (TPSA) is 109 Å². The first-order valence-corrected chi connectivity index (χ1v) is 11.6. The summed E-state index contributed by atoms with van der Waals surface area (Å²) in [7, 11) is 4.07. The summed E-state index contributed by atoms with van der Waals surface area (Å²) in [5.74, 6) is -1.83. The molecule has 3 aromatic rings. The number of methoxy groups -OCH3 is 1. The third-order valence-corrected chi connectivity index (χ3v) is 5.84. The summed E-state index contributed by atoms with van der Waals surface area (Å²) in [6.07, 6.45) is 1.64. The molecule has 0 saturated heterocycles. The third-order valence-electron chi connectivity index (χ3n) is 5.59.